The molecule has 3 nitrogen and oxygen atoms in total. The summed E-state index contributed by atoms with van der Waals surface area (Å²) in [7, 11) is 0. The fourth-order valence-corrected chi connectivity index (χ4v) is 3.40. The highest BCUT2D eigenvalue weighted by Crippen LogP contribution is 2.44. The van der Waals surface area contributed by atoms with E-state index in [9.17, 15) is 18.0 Å². The highest BCUT2D eigenvalue weighted by Gasteiger charge is 2.61. The van der Waals surface area contributed by atoms with Crippen LogP contribution in [0.15, 0.2) is 0 Å². The Morgan fingerprint density at radius 1 is 1.30 bits per heavy atom. The minimum absolute atomic E-state index is 0.0928. The highest BCUT2D eigenvalue weighted by atomic mass is 19.4. The van der Waals surface area contributed by atoms with Gasteiger partial charge in [0.05, 0.1) is 0 Å². The van der Waals surface area contributed by atoms with Gasteiger partial charge in [0, 0.05) is 12.6 Å². The zero-order valence-corrected chi connectivity index (χ0v) is 12.1. The van der Waals surface area contributed by atoms with Gasteiger partial charge in [-0.1, -0.05) is 20.3 Å². The number of carbonyl (C=O) groups is 1. The predicted molar refractivity (Wildman–Crippen MR) is 70.2 cm³/mol. The van der Waals surface area contributed by atoms with E-state index in [1.807, 2.05) is 0 Å². The Hall–Kier alpha value is -0.780. The van der Waals surface area contributed by atoms with Crippen LogP contribution in [0.25, 0.3) is 0 Å². The van der Waals surface area contributed by atoms with Gasteiger partial charge in [-0.2, -0.15) is 13.2 Å². The van der Waals surface area contributed by atoms with E-state index in [4.69, 9.17) is 0 Å². The summed E-state index contributed by atoms with van der Waals surface area (Å²) < 4.78 is 39.8. The fraction of sp³-hybridized carbons (Fsp3) is 0.929. The third kappa shape index (κ3) is 2.95. The van der Waals surface area contributed by atoms with Crippen LogP contribution < -0.4 is 10.6 Å². The first kappa shape index (κ1) is 15.6. The number of amides is 1. The van der Waals surface area contributed by atoms with Gasteiger partial charge >= 0.3 is 6.18 Å². The van der Waals surface area contributed by atoms with Crippen molar-refractivity contribution < 1.29 is 18.0 Å². The van der Waals surface area contributed by atoms with Crippen molar-refractivity contribution in [2.75, 3.05) is 13.1 Å². The molecule has 1 saturated heterocycles. The number of nitrogens with one attached hydrogen (secondary N) is 2. The van der Waals surface area contributed by atoms with Crippen molar-refractivity contribution in [2.45, 2.75) is 58.2 Å². The SMILES string of the molecule is CC1(C)CCCC(NC(=O)C2(C(F)(F)F)CCNC2)C1. The summed E-state index contributed by atoms with van der Waals surface area (Å²) >= 11 is 0. The van der Waals surface area contributed by atoms with Gasteiger partial charge in [0.1, 0.15) is 0 Å². The van der Waals surface area contributed by atoms with Gasteiger partial charge < -0.3 is 10.6 Å². The van der Waals surface area contributed by atoms with Gasteiger partial charge in [-0.15, -0.1) is 0 Å². The van der Waals surface area contributed by atoms with Crippen LogP contribution in [0.5, 0.6) is 0 Å². The molecular weight excluding hydrogens is 269 g/mol. The van der Waals surface area contributed by atoms with E-state index >= 15 is 0 Å². The Bertz CT molecular complexity index is 373. The van der Waals surface area contributed by atoms with Crippen LogP contribution in [0.1, 0.15) is 46.0 Å². The van der Waals surface area contributed by atoms with Crippen LogP contribution in [0.4, 0.5) is 13.2 Å². The maximum atomic E-state index is 13.3. The molecule has 2 fully saturated rings. The lowest BCUT2D eigenvalue weighted by molar-refractivity contribution is -0.216. The minimum atomic E-state index is -4.50. The second-order valence-electron chi connectivity index (χ2n) is 6.94. The molecule has 0 radical (unpaired) electrons. The lowest BCUT2D eigenvalue weighted by Gasteiger charge is -2.38. The van der Waals surface area contributed by atoms with Crippen LogP contribution >= 0.6 is 0 Å². The van der Waals surface area contributed by atoms with E-state index in [1.54, 1.807) is 0 Å². The molecule has 6 heteroatoms. The quantitative estimate of drug-likeness (QED) is 0.821. The predicted octanol–water partition coefficient (Wildman–Crippen LogP) is 2.61. The molecule has 1 aliphatic carbocycles. The van der Waals surface area contributed by atoms with E-state index in [2.05, 4.69) is 24.5 Å². The summed E-state index contributed by atoms with van der Waals surface area (Å²) in [6, 6.07) is -0.133. The maximum Gasteiger partial charge on any atom is 0.404 e. The lowest BCUT2D eigenvalue weighted by atomic mass is 9.74. The van der Waals surface area contributed by atoms with Gasteiger partial charge in [0.25, 0.3) is 0 Å². The summed E-state index contributed by atoms with van der Waals surface area (Å²) in [5.74, 6) is -0.849. The maximum absolute atomic E-state index is 13.3. The zero-order valence-electron chi connectivity index (χ0n) is 12.1. The van der Waals surface area contributed by atoms with Gasteiger partial charge in [0.2, 0.25) is 5.91 Å². The van der Waals surface area contributed by atoms with Crippen LogP contribution in [-0.2, 0) is 4.79 Å². The largest absolute Gasteiger partial charge is 0.404 e. The molecule has 0 aromatic carbocycles. The highest BCUT2D eigenvalue weighted by molar-refractivity contribution is 5.84. The molecule has 2 unspecified atom stereocenters. The van der Waals surface area contributed by atoms with Gasteiger partial charge in [-0.3, -0.25) is 4.79 Å². The van der Waals surface area contributed by atoms with Gasteiger partial charge in [-0.25, -0.2) is 0 Å². The van der Waals surface area contributed by atoms with Crippen molar-refractivity contribution in [3.63, 3.8) is 0 Å². The van der Waals surface area contributed by atoms with Crippen LogP contribution in [0.2, 0.25) is 0 Å². The molecule has 1 saturated carbocycles. The molecule has 20 heavy (non-hydrogen) atoms. The molecule has 1 aliphatic heterocycles. The summed E-state index contributed by atoms with van der Waals surface area (Å²) in [5.41, 5.74) is -2.15. The Labute approximate surface area is 117 Å². The summed E-state index contributed by atoms with van der Waals surface area (Å²) in [6.45, 7) is 4.13. The van der Waals surface area contributed by atoms with E-state index in [-0.39, 0.29) is 31.0 Å². The van der Waals surface area contributed by atoms with Crippen molar-refractivity contribution in [1.82, 2.24) is 10.6 Å². The molecular formula is C14H23F3N2O. The third-order valence-corrected chi connectivity index (χ3v) is 4.67. The second-order valence-corrected chi connectivity index (χ2v) is 6.94. The summed E-state index contributed by atoms with van der Waals surface area (Å²) in [6.07, 6.45) is -1.12. The zero-order chi connectivity index (χ0) is 15.0. The lowest BCUT2D eigenvalue weighted by Crippen LogP contribution is -2.55. The van der Waals surface area contributed by atoms with Crippen molar-refractivity contribution in [2.24, 2.45) is 10.8 Å². The Kier molecular flexibility index (Phi) is 4.06. The Morgan fingerprint density at radius 3 is 2.50 bits per heavy atom. The molecule has 2 N–H and O–H groups in total. The van der Waals surface area contributed by atoms with Crippen LogP contribution in [-0.4, -0.2) is 31.2 Å². The third-order valence-electron chi connectivity index (χ3n) is 4.67. The first-order valence-corrected chi connectivity index (χ1v) is 7.25. The normalized spacial score (nSPS) is 34.0. The van der Waals surface area contributed by atoms with Crippen LogP contribution in [0.3, 0.4) is 0 Å². The Morgan fingerprint density at radius 2 is 2.00 bits per heavy atom. The smallest absolute Gasteiger partial charge is 0.353 e. The molecule has 1 heterocycles. The number of halogens is 3. The fourth-order valence-electron chi connectivity index (χ4n) is 3.40. The standard InChI is InChI=1S/C14H23F3N2O/c1-12(2)5-3-4-10(8-12)19-11(20)13(14(15,16)17)6-7-18-9-13/h10,18H,3-9H2,1-2H3,(H,19,20). The number of alkyl halides is 3. The van der Waals surface area contributed by atoms with Crippen LogP contribution in [0, 0.1) is 10.8 Å². The second kappa shape index (κ2) is 5.20. The first-order valence-electron chi connectivity index (χ1n) is 7.25. The van der Waals surface area contributed by atoms with Gasteiger partial charge in [0.15, 0.2) is 5.41 Å². The van der Waals surface area contributed by atoms with Crippen molar-refractivity contribution in [3.05, 3.63) is 0 Å². The molecule has 2 atom stereocenters. The summed E-state index contributed by atoms with van der Waals surface area (Å²) in [5, 5.41) is 5.34. The number of carbonyl (C=O) groups excluding carboxylic acids is 1. The van der Waals surface area contributed by atoms with E-state index < -0.39 is 17.5 Å². The van der Waals surface area contributed by atoms with E-state index in [1.165, 1.54) is 0 Å². The molecule has 2 aliphatic rings. The molecule has 0 aromatic rings. The van der Waals surface area contributed by atoms with Crippen molar-refractivity contribution >= 4 is 5.91 Å². The first-order chi connectivity index (χ1) is 9.16. The van der Waals surface area contributed by atoms with Crippen molar-refractivity contribution in [3.8, 4) is 0 Å². The molecule has 0 spiro atoms. The topological polar surface area (TPSA) is 41.1 Å². The number of rotatable bonds is 2. The molecule has 116 valence electrons. The molecule has 0 aromatic heterocycles. The van der Waals surface area contributed by atoms with Crippen molar-refractivity contribution in [1.29, 1.82) is 0 Å². The number of hydrogen-bond acceptors (Lipinski definition) is 2. The Balaban J connectivity index is 2.06. The van der Waals surface area contributed by atoms with E-state index in [0.29, 0.717) is 0 Å². The van der Waals surface area contributed by atoms with Gasteiger partial charge in [-0.05, 0) is 37.6 Å². The average molecular weight is 292 g/mol. The number of hydrogen-bond donors (Lipinski definition) is 2. The summed E-state index contributed by atoms with van der Waals surface area (Å²) in [4.78, 5) is 12.2. The monoisotopic (exact) mass is 292 g/mol. The van der Waals surface area contributed by atoms with E-state index in [0.717, 1.165) is 25.7 Å². The molecule has 0 bridgehead atoms. The molecule has 1 amide bonds. The minimum Gasteiger partial charge on any atom is -0.353 e. The molecule has 2 rings (SSSR count). The average Bonchev–Trinajstić information content (AvgIpc) is 2.76.